The molecule has 120 valence electrons. The van der Waals surface area contributed by atoms with Gasteiger partial charge in [-0.25, -0.2) is 9.97 Å². The van der Waals surface area contributed by atoms with Crippen LogP contribution in [0.25, 0.3) is 10.2 Å². The molecule has 0 aliphatic carbocycles. The third kappa shape index (κ3) is 4.32. The summed E-state index contributed by atoms with van der Waals surface area (Å²) in [6.45, 7) is -0.865. The first-order valence-corrected chi connectivity index (χ1v) is 7.55. The number of nitrogens with zero attached hydrogens (tertiary/aromatic N) is 2. The van der Waals surface area contributed by atoms with Crippen molar-refractivity contribution >= 4 is 26.7 Å². The van der Waals surface area contributed by atoms with Crippen molar-refractivity contribution in [1.82, 2.24) is 9.97 Å². The molecule has 0 saturated heterocycles. The number of aromatic nitrogens is 2. The second-order valence-corrected chi connectivity index (χ2v) is 5.78. The number of para-hydroxylation sites is 1. The maximum absolute atomic E-state index is 12.0. The molecule has 0 aliphatic heterocycles. The Labute approximate surface area is 134 Å². The van der Waals surface area contributed by atoms with Gasteiger partial charge in [0.1, 0.15) is 0 Å². The van der Waals surface area contributed by atoms with E-state index in [4.69, 9.17) is 0 Å². The van der Waals surface area contributed by atoms with E-state index in [0.717, 1.165) is 20.9 Å². The second-order valence-electron chi connectivity index (χ2n) is 4.75. The molecule has 0 radical (unpaired) electrons. The number of ether oxygens (including phenoxy) is 1. The Morgan fingerprint density at radius 1 is 1.13 bits per heavy atom. The number of halogens is 3. The van der Waals surface area contributed by atoms with E-state index in [1.807, 2.05) is 24.3 Å². The van der Waals surface area contributed by atoms with Gasteiger partial charge in [-0.15, -0.1) is 0 Å². The van der Waals surface area contributed by atoms with Gasteiger partial charge in [0.2, 0.25) is 5.88 Å². The number of pyridine rings is 1. The molecule has 1 N–H and O–H groups in total. The molecule has 0 bridgehead atoms. The van der Waals surface area contributed by atoms with Crippen molar-refractivity contribution in [1.29, 1.82) is 0 Å². The maximum atomic E-state index is 12.0. The largest absolute Gasteiger partial charge is 0.468 e. The number of thiazole rings is 1. The summed E-state index contributed by atoms with van der Waals surface area (Å²) < 4.78 is 41.8. The minimum absolute atomic E-state index is 0.0499. The van der Waals surface area contributed by atoms with E-state index >= 15 is 0 Å². The fourth-order valence-corrected chi connectivity index (χ4v) is 2.74. The first kappa shape index (κ1) is 15.5. The lowest BCUT2D eigenvalue weighted by Gasteiger charge is -2.08. The van der Waals surface area contributed by atoms with Crippen LogP contribution in [-0.2, 0) is 6.54 Å². The van der Waals surface area contributed by atoms with Crippen molar-refractivity contribution in [3.05, 3.63) is 48.2 Å². The lowest BCUT2D eigenvalue weighted by molar-refractivity contribution is -0.154. The van der Waals surface area contributed by atoms with Crippen molar-refractivity contribution in [3.63, 3.8) is 0 Å². The summed E-state index contributed by atoms with van der Waals surface area (Å²) in [5.41, 5.74) is 1.75. The van der Waals surface area contributed by atoms with Gasteiger partial charge in [-0.2, -0.15) is 13.2 Å². The highest BCUT2D eigenvalue weighted by molar-refractivity contribution is 7.22. The summed E-state index contributed by atoms with van der Waals surface area (Å²) in [5, 5.41) is 3.95. The van der Waals surface area contributed by atoms with Crippen molar-refractivity contribution in [2.75, 3.05) is 11.9 Å². The molecular weight excluding hydrogens is 327 g/mol. The van der Waals surface area contributed by atoms with Crippen molar-refractivity contribution in [2.24, 2.45) is 0 Å². The van der Waals surface area contributed by atoms with E-state index in [1.165, 1.54) is 23.6 Å². The fourth-order valence-electron chi connectivity index (χ4n) is 1.88. The van der Waals surface area contributed by atoms with Gasteiger partial charge in [0.25, 0.3) is 0 Å². The minimum Gasteiger partial charge on any atom is -0.468 e. The summed E-state index contributed by atoms with van der Waals surface area (Å²) in [6.07, 6.45) is -2.89. The molecule has 3 aromatic rings. The third-order valence-electron chi connectivity index (χ3n) is 2.92. The summed E-state index contributed by atoms with van der Waals surface area (Å²) in [4.78, 5) is 8.30. The summed E-state index contributed by atoms with van der Waals surface area (Å²) in [6, 6.07) is 10.9. The number of rotatable bonds is 5. The monoisotopic (exact) mass is 339 g/mol. The minimum atomic E-state index is -4.37. The SMILES string of the molecule is FC(F)(F)COc1ccc(CNc2nc3ccccc3s2)cn1. The zero-order chi connectivity index (χ0) is 16.3. The number of hydrogen-bond acceptors (Lipinski definition) is 5. The van der Waals surface area contributed by atoms with Crippen LogP contribution in [0, 0.1) is 0 Å². The van der Waals surface area contributed by atoms with Crippen molar-refractivity contribution in [2.45, 2.75) is 12.7 Å². The van der Waals surface area contributed by atoms with Crippen molar-refractivity contribution in [3.8, 4) is 5.88 Å². The van der Waals surface area contributed by atoms with Crippen LogP contribution in [0.4, 0.5) is 18.3 Å². The van der Waals surface area contributed by atoms with Gasteiger partial charge >= 0.3 is 6.18 Å². The molecule has 1 aromatic carbocycles. The molecule has 4 nitrogen and oxygen atoms in total. The topological polar surface area (TPSA) is 47.0 Å². The molecule has 0 fully saturated rings. The summed E-state index contributed by atoms with van der Waals surface area (Å²) in [7, 11) is 0. The number of fused-ring (bicyclic) bond motifs is 1. The Kier molecular flexibility index (Phi) is 4.33. The van der Waals surface area contributed by atoms with Crippen LogP contribution in [-0.4, -0.2) is 22.8 Å². The Balaban J connectivity index is 1.58. The molecule has 0 spiro atoms. The molecule has 2 heterocycles. The van der Waals surface area contributed by atoms with E-state index < -0.39 is 12.8 Å². The molecule has 0 amide bonds. The average Bonchev–Trinajstić information content (AvgIpc) is 2.94. The molecule has 0 saturated carbocycles. The van der Waals surface area contributed by atoms with Gasteiger partial charge in [0.05, 0.1) is 10.2 Å². The predicted octanol–water partition coefficient (Wildman–Crippen LogP) is 4.24. The average molecular weight is 339 g/mol. The molecular formula is C15H12F3N3OS. The molecule has 3 rings (SSSR count). The highest BCUT2D eigenvalue weighted by atomic mass is 32.1. The van der Waals surface area contributed by atoms with Crippen LogP contribution in [0.15, 0.2) is 42.6 Å². The van der Waals surface area contributed by atoms with Gasteiger partial charge in [0, 0.05) is 18.8 Å². The first-order valence-electron chi connectivity index (χ1n) is 6.73. The normalized spacial score (nSPS) is 11.6. The standard InChI is InChI=1S/C15H12F3N3OS/c16-15(17,18)9-22-13-6-5-10(7-19-13)8-20-14-21-11-3-1-2-4-12(11)23-14/h1-7H,8-9H2,(H,20,21). The Morgan fingerprint density at radius 2 is 1.96 bits per heavy atom. The van der Waals surface area contributed by atoms with Crippen LogP contribution in [0.3, 0.4) is 0 Å². The van der Waals surface area contributed by atoms with E-state index in [9.17, 15) is 13.2 Å². The van der Waals surface area contributed by atoms with Gasteiger partial charge in [-0.3, -0.25) is 0 Å². The molecule has 2 aromatic heterocycles. The molecule has 0 atom stereocenters. The van der Waals surface area contributed by atoms with Crippen LogP contribution < -0.4 is 10.1 Å². The van der Waals surface area contributed by atoms with Crippen molar-refractivity contribution < 1.29 is 17.9 Å². The molecule has 23 heavy (non-hydrogen) atoms. The van der Waals surface area contributed by atoms with Gasteiger partial charge < -0.3 is 10.1 Å². The van der Waals surface area contributed by atoms with Crippen LogP contribution in [0.2, 0.25) is 0 Å². The number of benzene rings is 1. The maximum Gasteiger partial charge on any atom is 0.422 e. The van der Waals surface area contributed by atoms with E-state index in [1.54, 1.807) is 6.07 Å². The zero-order valence-electron chi connectivity index (χ0n) is 11.8. The van der Waals surface area contributed by atoms with Crippen LogP contribution in [0.1, 0.15) is 5.56 Å². The van der Waals surface area contributed by atoms with Crippen LogP contribution in [0.5, 0.6) is 5.88 Å². The first-order chi connectivity index (χ1) is 11.0. The Hall–Kier alpha value is -2.35. The third-order valence-corrected chi connectivity index (χ3v) is 3.91. The van der Waals surface area contributed by atoms with Gasteiger partial charge in [0.15, 0.2) is 11.7 Å². The number of nitrogens with one attached hydrogen (secondary N) is 1. The lowest BCUT2D eigenvalue weighted by atomic mass is 10.3. The molecule has 8 heteroatoms. The van der Waals surface area contributed by atoms with E-state index in [0.29, 0.717) is 6.54 Å². The van der Waals surface area contributed by atoms with Gasteiger partial charge in [-0.05, 0) is 17.7 Å². The molecule has 0 aliphatic rings. The van der Waals surface area contributed by atoms with Crippen LogP contribution >= 0.6 is 11.3 Å². The highest BCUT2D eigenvalue weighted by Gasteiger charge is 2.28. The summed E-state index contributed by atoms with van der Waals surface area (Å²) >= 11 is 1.54. The second kappa shape index (κ2) is 6.41. The Morgan fingerprint density at radius 3 is 2.65 bits per heavy atom. The van der Waals surface area contributed by atoms with Gasteiger partial charge in [-0.1, -0.05) is 29.5 Å². The zero-order valence-corrected chi connectivity index (χ0v) is 12.6. The Bertz CT molecular complexity index is 754. The summed E-state index contributed by atoms with van der Waals surface area (Å²) in [5.74, 6) is -0.0499. The fraction of sp³-hybridized carbons (Fsp3) is 0.200. The highest BCUT2D eigenvalue weighted by Crippen LogP contribution is 2.25. The van der Waals surface area contributed by atoms with E-state index in [2.05, 4.69) is 20.0 Å². The smallest absolute Gasteiger partial charge is 0.422 e. The lowest BCUT2D eigenvalue weighted by Crippen LogP contribution is -2.19. The predicted molar refractivity (Wildman–Crippen MR) is 82.7 cm³/mol. The molecule has 0 unspecified atom stereocenters. The number of alkyl halides is 3. The number of hydrogen-bond donors (Lipinski definition) is 1. The van der Waals surface area contributed by atoms with E-state index in [-0.39, 0.29) is 5.88 Å². The quantitative estimate of drug-likeness (QED) is 0.755. The number of anilines is 1.